The maximum absolute atomic E-state index is 10.5. The number of aromatic hydroxyl groups is 1. The second-order valence-corrected chi connectivity index (χ2v) is 7.76. The molecule has 2 atom stereocenters. The number of anilines is 1. The van der Waals surface area contributed by atoms with Crippen LogP contribution in [0.5, 0.6) is 5.75 Å². The van der Waals surface area contributed by atoms with Crippen molar-refractivity contribution in [2.45, 2.75) is 30.3 Å². The predicted octanol–water partition coefficient (Wildman–Crippen LogP) is 1.58. The van der Waals surface area contributed by atoms with Crippen LogP contribution in [0.2, 0.25) is 0 Å². The van der Waals surface area contributed by atoms with Gasteiger partial charge in [0.2, 0.25) is 0 Å². The number of fused-ring (bicyclic) bond motifs is 2. The Bertz CT molecular complexity index is 839. The molecule has 3 heterocycles. The molecule has 4 rings (SSSR count). The van der Waals surface area contributed by atoms with Crippen molar-refractivity contribution in [3.8, 4) is 5.75 Å². The van der Waals surface area contributed by atoms with Gasteiger partial charge in [-0.15, -0.1) is 0 Å². The highest BCUT2D eigenvalue weighted by Gasteiger charge is 2.37. The van der Waals surface area contributed by atoms with Crippen LogP contribution < -0.4 is 10.2 Å². The lowest BCUT2D eigenvalue weighted by Crippen LogP contribution is -2.43. The molecule has 0 aliphatic carbocycles. The van der Waals surface area contributed by atoms with Crippen molar-refractivity contribution in [2.24, 2.45) is 0 Å². The first-order valence-electron chi connectivity index (χ1n) is 8.01. The summed E-state index contributed by atoms with van der Waals surface area (Å²) in [6.07, 6.45) is 4.51. The van der Waals surface area contributed by atoms with Crippen molar-refractivity contribution in [3.63, 3.8) is 0 Å². The third-order valence-electron chi connectivity index (χ3n) is 4.42. The molecular weight excluding hydrogens is 342 g/mol. The van der Waals surface area contributed by atoms with E-state index in [-0.39, 0.29) is 10.6 Å². The summed E-state index contributed by atoms with van der Waals surface area (Å²) in [7, 11) is -4.02. The van der Waals surface area contributed by atoms with E-state index < -0.39 is 10.1 Å². The Hall–Kier alpha value is -2.16. The van der Waals surface area contributed by atoms with E-state index >= 15 is 0 Å². The Balaban J connectivity index is 0.000000151. The van der Waals surface area contributed by atoms with Crippen LogP contribution in [0, 0.1) is 6.92 Å². The van der Waals surface area contributed by atoms with E-state index in [0.29, 0.717) is 12.1 Å². The number of pyridine rings is 1. The van der Waals surface area contributed by atoms with Crippen molar-refractivity contribution in [2.75, 3.05) is 18.0 Å². The highest BCUT2D eigenvalue weighted by Crippen LogP contribution is 2.30. The number of aryl methyl sites for hydroxylation is 1. The second kappa shape index (κ2) is 6.99. The fourth-order valence-corrected chi connectivity index (χ4v) is 3.64. The number of rotatable bonds is 2. The summed E-state index contributed by atoms with van der Waals surface area (Å²) in [4.78, 5) is 6.26. The molecule has 7 nitrogen and oxygen atoms in total. The Morgan fingerprint density at radius 1 is 1.24 bits per heavy atom. The summed E-state index contributed by atoms with van der Waals surface area (Å²) in [6.45, 7) is 3.93. The average Bonchev–Trinajstić information content (AvgIpc) is 3.18. The van der Waals surface area contributed by atoms with Gasteiger partial charge in [0, 0.05) is 31.2 Å². The lowest BCUT2D eigenvalue weighted by molar-refractivity contribution is 0.472. The van der Waals surface area contributed by atoms with Crippen LogP contribution in [0.25, 0.3) is 0 Å². The minimum absolute atomic E-state index is 0.0666. The zero-order valence-electron chi connectivity index (χ0n) is 13.8. The molecule has 0 spiro atoms. The maximum atomic E-state index is 10.5. The Labute approximate surface area is 147 Å². The van der Waals surface area contributed by atoms with E-state index in [1.807, 2.05) is 13.1 Å². The summed E-state index contributed by atoms with van der Waals surface area (Å²) in [5, 5.41) is 12.8. The number of benzene rings is 1. The number of hydrogen-bond donors (Lipinski definition) is 3. The van der Waals surface area contributed by atoms with Crippen molar-refractivity contribution in [1.29, 1.82) is 0 Å². The van der Waals surface area contributed by atoms with Gasteiger partial charge in [-0.2, -0.15) is 8.42 Å². The molecule has 0 amide bonds. The van der Waals surface area contributed by atoms with Crippen LogP contribution in [0.15, 0.2) is 47.6 Å². The zero-order chi connectivity index (χ0) is 18.0. The first kappa shape index (κ1) is 17.7. The maximum Gasteiger partial charge on any atom is 0.294 e. The van der Waals surface area contributed by atoms with Gasteiger partial charge in [0.15, 0.2) is 0 Å². The standard InChI is InChI=1S/C10H13N3O.C7H8O3S/c14-10-2-9(3-11-5-10)13-6-7-1-8(13)4-12-7;1-6-2-4-7(5-3-6)11(8,9)10/h2-3,5,7-8,12,14H,1,4,6H2;2-5H,1H3,(H,8,9,10)/t7-,8-;/m0./s1. The normalized spacial score (nSPS) is 21.8. The quantitative estimate of drug-likeness (QED) is 0.696. The molecule has 2 aliphatic heterocycles. The van der Waals surface area contributed by atoms with Crippen molar-refractivity contribution in [3.05, 3.63) is 48.3 Å². The van der Waals surface area contributed by atoms with E-state index in [4.69, 9.17) is 4.55 Å². The molecule has 2 saturated heterocycles. The topological polar surface area (TPSA) is 103 Å². The predicted molar refractivity (Wildman–Crippen MR) is 94.4 cm³/mol. The van der Waals surface area contributed by atoms with E-state index in [1.54, 1.807) is 18.2 Å². The van der Waals surface area contributed by atoms with Gasteiger partial charge in [-0.1, -0.05) is 17.7 Å². The molecule has 8 heteroatoms. The van der Waals surface area contributed by atoms with Crippen molar-refractivity contribution < 1.29 is 18.1 Å². The van der Waals surface area contributed by atoms with Gasteiger partial charge in [0.05, 0.1) is 23.0 Å². The number of nitrogens with one attached hydrogen (secondary N) is 1. The summed E-state index contributed by atoms with van der Waals surface area (Å²) in [5.74, 6) is 0.248. The van der Waals surface area contributed by atoms with Gasteiger partial charge >= 0.3 is 0 Å². The van der Waals surface area contributed by atoms with Crippen LogP contribution in [-0.2, 0) is 10.1 Å². The minimum Gasteiger partial charge on any atom is -0.506 e. The van der Waals surface area contributed by atoms with Crippen LogP contribution in [-0.4, -0.2) is 48.2 Å². The molecule has 2 bridgehead atoms. The van der Waals surface area contributed by atoms with Gasteiger partial charge in [-0.25, -0.2) is 0 Å². The van der Waals surface area contributed by atoms with Crippen LogP contribution in [0.1, 0.15) is 12.0 Å². The molecule has 1 aromatic carbocycles. The smallest absolute Gasteiger partial charge is 0.294 e. The summed E-state index contributed by atoms with van der Waals surface area (Å²) in [5.41, 5.74) is 2.00. The molecule has 134 valence electrons. The highest BCUT2D eigenvalue weighted by molar-refractivity contribution is 7.85. The van der Waals surface area contributed by atoms with E-state index in [9.17, 15) is 13.5 Å². The first-order chi connectivity index (χ1) is 11.8. The van der Waals surface area contributed by atoms with Gasteiger partial charge in [0.25, 0.3) is 10.1 Å². The lowest BCUT2D eigenvalue weighted by Gasteiger charge is -2.29. The number of nitrogens with zero attached hydrogens (tertiary/aromatic N) is 2. The third-order valence-corrected chi connectivity index (χ3v) is 5.28. The number of piperazine rings is 1. The highest BCUT2D eigenvalue weighted by atomic mass is 32.2. The fourth-order valence-electron chi connectivity index (χ4n) is 3.16. The van der Waals surface area contributed by atoms with Crippen LogP contribution in [0.4, 0.5) is 5.69 Å². The second-order valence-electron chi connectivity index (χ2n) is 6.34. The molecule has 0 saturated carbocycles. The molecular formula is C17H21N3O4S. The Morgan fingerprint density at radius 2 is 1.96 bits per heavy atom. The Kier molecular flexibility index (Phi) is 4.94. The molecule has 1 aromatic heterocycles. The third kappa shape index (κ3) is 4.28. The van der Waals surface area contributed by atoms with Gasteiger partial charge < -0.3 is 15.3 Å². The summed E-state index contributed by atoms with van der Waals surface area (Å²) in [6, 6.07) is 8.99. The molecule has 25 heavy (non-hydrogen) atoms. The molecule has 2 fully saturated rings. The van der Waals surface area contributed by atoms with Crippen LogP contribution in [0.3, 0.4) is 0 Å². The number of aromatic nitrogens is 1. The van der Waals surface area contributed by atoms with Gasteiger partial charge in [0.1, 0.15) is 5.75 Å². The lowest BCUT2D eigenvalue weighted by atomic mass is 10.2. The van der Waals surface area contributed by atoms with Gasteiger partial charge in [-0.05, 0) is 25.5 Å². The van der Waals surface area contributed by atoms with Gasteiger partial charge in [-0.3, -0.25) is 9.54 Å². The zero-order valence-corrected chi connectivity index (χ0v) is 14.6. The van der Waals surface area contributed by atoms with Crippen molar-refractivity contribution >= 4 is 15.8 Å². The summed E-state index contributed by atoms with van der Waals surface area (Å²) < 4.78 is 29.6. The summed E-state index contributed by atoms with van der Waals surface area (Å²) >= 11 is 0. The molecule has 2 aromatic rings. The molecule has 0 radical (unpaired) electrons. The van der Waals surface area contributed by atoms with Crippen LogP contribution >= 0.6 is 0 Å². The molecule has 2 aliphatic rings. The van der Waals surface area contributed by atoms with E-state index in [2.05, 4.69) is 15.2 Å². The number of hydrogen-bond acceptors (Lipinski definition) is 6. The average molecular weight is 363 g/mol. The molecule has 3 N–H and O–H groups in total. The monoisotopic (exact) mass is 363 g/mol. The van der Waals surface area contributed by atoms with E-state index in [1.165, 1.54) is 24.8 Å². The fraction of sp³-hybridized carbons (Fsp3) is 0.353. The SMILES string of the molecule is Cc1ccc(S(=O)(=O)O)cc1.Oc1cncc(N2C[C@@H]3C[C@H]2CN3)c1. The molecule has 0 unspecified atom stereocenters. The van der Waals surface area contributed by atoms with E-state index in [0.717, 1.165) is 24.3 Å². The largest absolute Gasteiger partial charge is 0.506 e. The first-order valence-corrected chi connectivity index (χ1v) is 9.45. The minimum atomic E-state index is -4.02. The van der Waals surface area contributed by atoms with Crippen molar-refractivity contribution in [1.82, 2.24) is 10.3 Å². The Morgan fingerprint density at radius 3 is 2.48 bits per heavy atom.